The predicted molar refractivity (Wildman–Crippen MR) is 196 cm³/mol. The number of esters is 2. The van der Waals surface area contributed by atoms with Crippen molar-refractivity contribution in [3.63, 3.8) is 0 Å². The molecule has 7 heteroatoms. The van der Waals surface area contributed by atoms with E-state index in [0.29, 0.717) is 12.8 Å². The molecule has 0 fully saturated rings. The molecule has 278 valence electrons. The van der Waals surface area contributed by atoms with Crippen LogP contribution in [0.4, 0.5) is 4.79 Å². The van der Waals surface area contributed by atoms with Gasteiger partial charge in [0.25, 0.3) is 0 Å². The molecule has 0 aromatic rings. The largest absolute Gasteiger partial charge is 0.462 e. The second-order valence-electron chi connectivity index (χ2n) is 14.7. The van der Waals surface area contributed by atoms with Gasteiger partial charge in [-0.1, -0.05) is 168 Å². The van der Waals surface area contributed by atoms with Gasteiger partial charge in [0, 0.05) is 12.8 Å². The maximum absolute atomic E-state index is 12.6. The molecule has 0 aliphatic rings. The number of hydrogen-bond donors (Lipinski definition) is 1. The van der Waals surface area contributed by atoms with Gasteiger partial charge >= 0.3 is 18.0 Å². The molecule has 0 saturated carbocycles. The number of ether oxygens (including phenoxy) is 3. The first kappa shape index (κ1) is 45.2. The molecule has 0 saturated heterocycles. The molecule has 0 rings (SSSR count). The van der Waals surface area contributed by atoms with Crippen molar-refractivity contribution in [2.45, 2.75) is 226 Å². The fourth-order valence-corrected chi connectivity index (χ4v) is 5.72. The number of hydrogen-bond acceptors (Lipinski definition) is 6. The summed E-state index contributed by atoms with van der Waals surface area (Å²) in [5.41, 5.74) is -0.634. The van der Waals surface area contributed by atoms with E-state index in [-0.39, 0.29) is 25.1 Å². The molecule has 0 radical (unpaired) electrons. The van der Waals surface area contributed by atoms with E-state index >= 15 is 0 Å². The smallest absolute Gasteiger partial charge is 0.407 e. The molecule has 1 atom stereocenters. The predicted octanol–water partition coefficient (Wildman–Crippen LogP) is 11.9. The maximum Gasteiger partial charge on any atom is 0.407 e. The minimum atomic E-state index is -0.743. The lowest BCUT2D eigenvalue weighted by atomic mass is 10.0. The average Bonchev–Trinajstić information content (AvgIpc) is 3.02. The minimum absolute atomic E-state index is 0.0330. The van der Waals surface area contributed by atoms with E-state index in [1.165, 1.54) is 128 Å². The maximum atomic E-state index is 12.6. The lowest BCUT2D eigenvalue weighted by Gasteiger charge is -2.22. The zero-order valence-electron chi connectivity index (χ0n) is 31.7. The summed E-state index contributed by atoms with van der Waals surface area (Å²) in [6.45, 7) is 9.85. The van der Waals surface area contributed by atoms with Gasteiger partial charge in [-0.2, -0.15) is 0 Å². The highest BCUT2D eigenvalue weighted by Gasteiger charge is 2.21. The van der Waals surface area contributed by atoms with Crippen molar-refractivity contribution in [2.75, 3.05) is 13.2 Å². The van der Waals surface area contributed by atoms with E-state index in [1.807, 2.05) is 0 Å². The molecular weight excluding hydrogens is 590 g/mol. The van der Waals surface area contributed by atoms with Crippen LogP contribution in [0.25, 0.3) is 0 Å². The second kappa shape index (κ2) is 32.7. The summed E-state index contributed by atoms with van der Waals surface area (Å²) < 4.78 is 16.4. The van der Waals surface area contributed by atoms with E-state index in [9.17, 15) is 14.4 Å². The van der Waals surface area contributed by atoms with Gasteiger partial charge in [0.05, 0.1) is 6.54 Å². The third-order valence-corrected chi connectivity index (χ3v) is 8.57. The van der Waals surface area contributed by atoms with Gasteiger partial charge in [0.1, 0.15) is 12.2 Å². The van der Waals surface area contributed by atoms with Crippen LogP contribution in [0.5, 0.6) is 0 Å². The van der Waals surface area contributed by atoms with Crippen LogP contribution in [-0.4, -0.2) is 42.9 Å². The third kappa shape index (κ3) is 35.3. The topological polar surface area (TPSA) is 90.9 Å². The molecule has 0 bridgehead atoms. The van der Waals surface area contributed by atoms with Gasteiger partial charge in [-0.05, 0) is 33.6 Å². The van der Waals surface area contributed by atoms with E-state index in [1.54, 1.807) is 20.8 Å². The molecule has 0 aliphatic carbocycles. The SMILES string of the molecule is CCCCCCCCCCCCCCCC(=O)OCC(CNC(=O)OC(C)(C)C)OC(=O)CCCCCCCCCCCCCCC. The molecule has 1 N–H and O–H groups in total. The molecule has 47 heavy (non-hydrogen) atoms. The van der Waals surface area contributed by atoms with E-state index in [0.717, 1.165) is 38.5 Å². The summed E-state index contributed by atoms with van der Waals surface area (Å²) in [5.74, 6) is -0.612. The summed E-state index contributed by atoms with van der Waals surface area (Å²) >= 11 is 0. The second-order valence-corrected chi connectivity index (χ2v) is 14.7. The van der Waals surface area contributed by atoms with Gasteiger partial charge < -0.3 is 19.5 Å². The Kier molecular flexibility index (Phi) is 31.5. The van der Waals surface area contributed by atoms with Crippen molar-refractivity contribution in [1.82, 2.24) is 5.32 Å². The number of carbonyl (C=O) groups excluding carboxylic acids is 3. The summed E-state index contributed by atoms with van der Waals surface area (Å²) in [6, 6.07) is 0. The summed E-state index contributed by atoms with van der Waals surface area (Å²) in [4.78, 5) is 37.1. The quantitative estimate of drug-likeness (QED) is 0.0425. The van der Waals surface area contributed by atoms with Gasteiger partial charge in [0.15, 0.2) is 6.10 Å². The monoisotopic (exact) mass is 668 g/mol. The van der Waals surface area contributed by atoms with Crippen LogP contribution >= 0.6 is 0 Å². The van der Waals surface area contributed by atoms with Crippen LogP contribution in [0.2, 0.25) is 0 Å². The molecule has 0 aliphatic heterocycles. The first-order chi connectivity index (χ1) is 22.7. The molecule has 0 aromatic heterocycles. The van der Waals surface area contributed by atoms with Gasteiger partial charge in [-0.25, -0.2) is 4.79 Å². The van der Waals surface area contributed by atoms with Gasteiger partial charge in [0.2, 0.25) is 0 Å². The molecule has 0 spiro atoms. The average molecular weight is 668 g/mol. The fraction of sp³-hybridized carbons (Fsp3) is 0.925. The van der Waals surface area contributed by atoms with Crippen molar-refractivity contribution in [3.05, 3.63) is 0 Å². The lowest BCUT2D eigenvalue weighted by molar-refractivity contribution is -0.159. The number of unbranched alkanes of at least 4 members (excludes halogenated alkanes) is 24. The molecule has 0 heterocycles. The van der Waals surface area contributed by atoms with Crippen LogP contribution in [0.3, 0.4) is 0 Å². The summed E-state index contributed by atoms with van der Waals surface area (Å²) in [7, 11) is 0. The number of amides is 1. The van der Waals surface area contributed by atoms with Crippen LogP contribution in [0, 0.1) is 0 Å². The minimum Gasteiger partial charge on any atom is -0.462 e. The zero-order valence-corrected chi connectivity index (χ0v) is 31.7. The molecule has 0 aromatic carbocycles. The van der Waals surface area contributed by atoms with E-state index in [2.05, 4.69) is 19.2 Å². The Bertz CT molecular complexity index is 735. The Balaban J connectivity index is 4.16. The normalized spacial score (nSPS) is 12.1. The zero-order chi connectivity index (χ0) is 34.9. The van der Waals surface area contributed by atoms with E-state index < -0.39 is 17.8 Å². The number of nitrogens with one attached hydrogen (secondary N) is 1. The molecule has 1 unspecified atom stereocenters. The fourth-order valence-electron chi connectivity index (χ4n) is 5.72. The molecular formula is C40H77NO6. The standard InChI is InChI=1S/C40H77NO6/c1-6-8-10-12-14-16-18-20-22-24-26-28-30-32-37(42)45-35-36(34-41-39(44)47-40(3,4)5)46-38(43)33-31-29-27-25-23-21-19-17-15-13-11-9-7-2/h36H,6-35H2,1-5H3,(H,41,44). The van der Waals surface area contributed by atoms with Gasteiger partial charge in [-0.15, -0.1) is 0 Å². The lowest BCUT2D eigenvalue weighted by Crippen LogP contribution is -2.40. The highest BCUT2D eigenvalue weighted by Crippen LogP contribution is 2.15. The van der Waals surface area contributed by atoms with Crippen molar-refractivity contribution < 1.29 is 28.6 Å². The Morgan fingerprint density at radius 1 is 0.511 bits per heavy atom. The Hall–Kier alpha value is -1.79. The number of rotatable bonds is 33. The summed E-state index contributed by atoms with van der Waals surface area (Å²) in [6.07, 6.45) is 31.8. The van der Waals surface area contributed by atoms with Crippen LogP contribution in [0.15, 0.2) is 0 Å². The van der Waals surface area contributed by atoms with Crippen molar-refractivity contribution >= 4 is 18.0 Å². The van der Waals surface area contributed by atoms with Crippen molar-refractivity contribution in [3.8, 4) is 0 Å². The van der Waals surface area contributed by atoms with Crippen LogP contribution in [-0.2, 0) is 23.8 Å². The first-order valence-corrected chi connectivity index (χ1v) is 20.0. The highest BCUT2D eigenvalue weighted by atomic mass is 16.6. The van der Waals surface area contributed by atoms with Crippen molar-refractivity contribution in [1.29, 1.82) is 0 Å². The summed E-state index contributed by atoms with van der Waals surface area (Å²) in [5, 5.41) is 2.65. The van der Waals surface area contributed by atoms with Gasteiger partial charge in [-0.3, -0.25) is 9.59 Å². The Morgan fingerprint density at radius 2 is 0.851 bits per heavy atom. The van der Waals surface area contributed by atoms with Crippen molar-refractivity contribution in [2.24, 2.45) is 0 Å². The van der Waals surface area contributed by atoms with Crippen LogP contribution in [0.1, 0.15) is 214 Å². The van der Waals surface area contributed by atoms with Crippen LogP contribution < -0.4 is 5.32 Å². The Morgan fingerprint density at radius 3 is 1.21 bits per heavy atom. The Labute approximate surface area is 290 Å². The third-order valence-electron chi connectivity index (χ3n) is 8.57. The number of alkyl carbamates (subject to hydrolysis) is 1. The van der Waals surface area contributed by atoms with E-state index in [4.69, 9.17) is 14.2 Å². The highest BCUT2D eigenvalue weighted by molar-refractivity contribution is 5.71. The molecule has 7 nitrogen and oxygen atoms in total. The molecule has 1 amide bonds. The first-order valence-electron chi connectivity index (χ1n) is 20.0. The number of carbonyl (C=O) groups is 3.